The average molecular weight is 646 g/mol. The standard InChI is InChI=1S/C42H79NO3/c1-3-5-7-9-11-13-15-17-19-20-21-22-24-25-27-29-31-33-35-37-41(45)40(39-44)43-42(46)38-36-34-32-30-28-26-23-18-16-14-12-10-8-6-4-2/h14,16,27,29,35,37,40-41,44-45H,3-13,15,17-26,28,30-34,36,38-39H2,1-2H3,(H,43,46)/b16-14-,29-27+,37-35+. The Morgan fingerprint density at radius 1 is 0.500 bits per heavy atom. The fourth-order valence-electron chi connectivity index (χ4n) is 5.95. The van der Waals surface area contributed by atoms with E-state index >= 15 is 0 Å². The second kappa shape index (κ2) is 38.1. The Morgan fingerprint density at radius 2 is 0.848 bits per heavy atom. The van der Waals surface area contributed by atoms with Gasteiger partial charge in [0.15, 0.2) is 0 Å². The SMILES string of the molecule is CCCCCC/C=C\CCCCCCCCCC(=O)NC(CO)C(O)/C=C/CC/C=C/CCCCCCCCCCCCCCC. The molecule has 0 aromatic carbocycles. The van der Waals surface area contributed by atoms with E-state index in [2.05, 4.69) is 43.5 Å². The van der Waals surface area contributed by atoms with Gasteiger partial charge in [0.1, 0.15) is 0 Å². The van der Waals surface area contributed by atoms with Crippen molar-refractivity contribution in [3.8, 4) is 0 Å². The summed E-state index contributed by atoms with van der Waals surface area (Å²) in [5.41, 5.74) is 0. The summed E-state index contributed by atoms with van der Waals surface area (Å²) in [6, 6.07) is -0.639. The third-order valence-electron chi connectivity index (χ3n) is 9.10. The lowest BCUT2D eigenvalue weighted by molar-refractivity contribution is -0.123. The zero-order valence-corrected chi connectivity index (χ0v) is 30.8. The Balaban J connectivity index is 3.64. The van der Waals surface area contributed by atoms with Gasteiger partial charge >= 0.3 is 0 Å². The van der Waals surface area contributed by atoms with Crippen LogP contribution in [0.3, 0.4) is 0 Å². The smallest absolute Gasteiger partial charge is 0.220 e. The topological polar surface area (TPSA) is 69.6 Å². The number of hydrogen-bond donors (Lipinski definition) is 3. The fourth-order valence-corrected chi connectivity index (χ4v) is 5.95. The van der Waals surface area contributed by atoms with Gasteiger partial charge in [-0.3, -0.25) is 4.79 Å². The van der Waals surface area contributed by atoms with Gasteiger partial charge in [-0.1, -0.05) is 179 Å². The molecule has 0 aliphatic heterocycles. The lowest BCUT2D eigenvalue weighted by Crippen LogP contribution is -2.45. The maximum absolute atomic E-state index is 12.3. The quantitative estimate of drug-likeness (QED) is 0.0469. The summed E-state index contributed by atoms with van der Waals surface area (Å²) >= 11 is 0. The van der Waals surface area contributed by atoms with Crippen LogP contribution in [-0.2, 0) is 4.79 Å². The molecule has 0 aromatic rings. The molecule has 46 heavy (non-hydrogen) atoms. The van der Waals surface area contributed by atoms with E-state index in [0.717, 1.165) is 32.1 Å². The summed E-state index contributed by atoms with van der Waals surface area (Å²) in [6.45, 7) is 4.28. The third-order valence-corrected chi connectivity index (χ3v) is 9.10. The number of allylic oxidation sites excluding steroid dienone is 5. The highest BCUT2D eigenvalue weighted by molar-refractivity contribution is 5.76. The molecule has 4 nitrogen and oxygen atoms in total. The second-order valence-electron chi connectivity index (χ2n) is 13.7. The molecule has 1 amide bonds. The van der Waals surface area contributed by atoms with Crippen LogP contribution in [0.1, 0.15) is 206 Å². The lowest BCUT2D eigenvalue weighted by Gasteiger charge is -2.19. The number of amides is 1. The number of unbranched alkanes of at least 4 members (excludes halogenated alkanes) is 25. The Morgan fingerprint density at radius 3 is 1.28 bits per heavy atom. The van der Waals surface area contributed by atoms with Gasteiger partial charge in [0.2, 0.25) is 5.91 Å². The summed E-state index contributed by atoms with van der Waals surface area (Å²) in [6.07, 6.45) is 49.5. The lowest BCUT2D eigenvalue weighted by atomic mass is 10.0. The van der Waals surface area contributed by atoms with Crippen molar-refractivity contribution in [2.45, 2.75) is 219 Å². The van der Waals surface area contributed by atoms with Crippen LogP contribution in [0, 0.1) is 0 Å². The predicted octanol–water partition coefficient (Wildman–Crippen LogP) is 12.2. The van der Waals surface area contributed by atoms with Gasteiger partial charge in [0, 0.05) is 6.42 Å². The molecule has 0 heterocycles. The van der Waals surface area contributed by atoms with Crippen LogP contribution < -0.4 is 5.32 Å². The fraction of sp³-hybridized carbons (Fsp3) is 0.833. The molecule has 2 atom stereocenters. The van der Waals surface area contributed by atoms with Crippen LogP contribution in [0.2, 0.25) is 0 Å². The van der Waals surface area contributed by atoms with Crippen molar-refractivity contribution in [1.82, 2.24) is 5.32 Å². The number of nitrogens with one attached hydrogen (secondary N) is 1. The Hall–Kier alpha value is -1.39. The van der Waals surface area contributed by atoms with Gasteiger partial charge in [-0.25, -0.2) is 0 Å². The molecule has 270 valence electrons. The van der Waals surface area contributed by atoms with Gasteiger partial charge in [-0.2, -0.15) is 0 Å². The monoisotopic (exact) mass is 646 g/mol. The number of rotatable bonds is 36. The van der Waals surface area contributed by atoms with E-state index in [1.165, 1.54) is 154 Å². The number of carbonyl (C=O) groups excluding carboxylic acids is 1. The Labute approximate surface area is 287 Å². The maximum atomic E-state index is 12.3. The minimum Gasteiger partial charge on any atom is -0.394 e. The van der Waals surface area contributed by atoms with Gasteiger partial charge in [-0.15, -0.1) is 0 Å². The molecule has 0 spiro atoms. The van der Waals surface area contributed by atoms with E-state index in [-0.39, 0.29) is 12.5 Å². The van der Waals surface area contributed by atoms with Crippen molar-refractivity contribution in [2.75, 3.05) is 6.61 Å². The summed E-state index contributed by atoms with van der Waals surface area (Å²) in [7, 11) is 0. The van der Waals surface area contributed by atoms with E-state index < -0.39 is 12.1 Å². The maximum Gasteiger partial charge on any atom is 0.220 e. The highest BCUT2D eigenvalue weighted by Gasteiger charge is 2.17. The number of aliphatic hydroxyl groups excluding tert-OH is 2. The second-order valence-corrected chi connectivity index (χ2v) is 13.7. The number of carbonyl (C=O) groups is 1. The molecule has 2 unspecified atom stereocenters. The zero-order valence-electron chi connectivity index (χ0n) is 30.8. The van der Waals surface area contributed by atoms with Crippen LogP contribution in [0.15, 0.2) is 36.5 Å². The van der Waals surface area contributed by atoms with Crippen LogP contribution >= 0.6 is 0 Å². The molecule has 0 aliphatic carbocycles. The molecule has 4 heteroatoms. The molecule has 0 radical (unpaired) electrons. The molecule has 0 bridgehead atoms. The molecule has 0 saturated heterocycles. The first-order valence-electron chi connectivity index (χ1n) is 20.2. The van der Waals surface area contributed by atoms with E-state index in [4.69, 9.17) is 0 Å². The first kappa shape index (κ1) is 44.6. The number of aliphatic hydroxyl groups is 2. The first-order valence-corrected chi connectivity index (χ1v) is 20.2. The van der Waals surface area contributed by atoms with Crippen molar-refractivity contribution in [1.29, 1.82) is 0 Å². The average Bonchev–Trinajstić information content (AvgIpc) is 3.06. The highest BCUT2D eigenvalue weighted by Crippen LogP contribution is 2.14. The van der Waals surface area contributed by atoms with Crippen molar-refractivity contribution >= 4 is 5.91 Å². The van der Waals surface area contributed by atoms with Gasteiger partial charge in [0.05, 0.1) is 18.8 Å². The molecular weight excluding hydrogens is 566 g/mol. The van der Waals surface area contributed by atoms with E-state index in [9.17, 15) is 15.0 Å². The molecule has 3 N–H and O–H groups in total. The Bertz CT molecular complexity index is 701. The van der Waals surface area contributed by atoms with E-state index in [1.54, 1.807) is 6.08 Å². The molecule has 0 fully saturated rings. The summed E-state index contributed by atoms with van der Waals surface area (Å²) in [4.78, 5) is 12.3. The summed E-state index contributed by atoms with van der Waals surface area (Å²) in [5.74, 6) is -0.0796. The van der Waals surface area contributed by atoms with E-state index in [0.29, 0.717) is 6.42 Å². The van der Waals surface area contributed by atoms with Crippen molar-refractivity contribution in [3.63, 3.8) is 0 Å². The Kier molecular flexibility index (Phi) is 36.9. The molecule has 0 saturated carbocycles. The first-order chi connectivity index (χ1) is 22.7. The molecule has 0 aliphatic rings. The number of hydrogen-bond acceptors (Lipinski definition) is 3. The van der Waals surface area contributed by atoms with Crippen LogP contribution in [-0.4, -0.2) is 34.9 Å². The van der Waals surface area contributed by atoms with Gasteiger partial charge in [-0.05, 0) is 57.8 Å². The predicted molar refractivity (Wildman–Crippen MR) is 202 cm³/mol. The van der Waals surface area contributed by atoms with Crippen LogP contribution in [0.5, 0.6) is 0 Å². The minimum absolute atomic E-state index is 0.0796. The van der Waals surface area contributed by atoms with Crippen molar-refractivity contribution < 1.29 is 15.0 Å². The highest BCUT2D eigenvalue weighted by atomic mass is 16.3. The van der Waals surface area contributed by atoms with Crippen molar-refractivity contribution in [2.24, 2.45) is 0 Å². The van der Waals surface area contributed by atoms with Crippen molar-refractivity contribution in [3.05, 3.63) is 36.5 Å². The molecule has 0 aromatic heterocycles. The minimum atomic E-state index is -0.861. The third kappa shape index (κ3) is 34.0. The molecule has 0 rings (SSSR count). The normalized spacial score (nSPS) is 13.4. The van der Waals surface area contributed by atoms with Crippen LogP contribution in [0.4, 0.5) is 0 Å². The van der Waals surface area contributed by atoms with Crippen LogP contribution in [0.25, 0.3) is 0 Å². The largest absolute Gasteiger partial charge is 0.394 e. The summed E-state index contributed by atoms with van der Waals surface area (Å²) in [5, 5.41) is 22.9. The van der Waals surface area contributed by atoms with Gasteiger partial charge in [0.25, 0.3) is 0 Å². The zero-order chi connectivity index (χ0) is 33.6. The summed E-state index contributed by atoms with van der Waals surface area (Å²) < 4.78 is 0. The van der Waals surface area contributed by atoms with E-state index in [1.807, 2.05) is 6.08 Å². The van der Waals surface area contributed by atoms with Gasteiger partial charge < -0.3 is 15.5 Å². The molecular formula is C42H79NO3.